The van der Waals surface area contributed by atoms with Crippen LogP contribution in [0.5, 0.6) is 0 Å². The van der Waals surface area contributed by atoms with Crippen LogP contribution in [0.4, 0.5) is 18.9 Å². The maximum Gasteiger partial charge on any atom is 0.435 e. The fraction of sp³-hybridized carbons (Fsp3) is 0.586. The summed E-state index contributed by atoms with van der Waals surface area (Å²) in [7, 11) is -3.67. The molecule has 250 valence electrons. The zero-order chi connectivity index (χ0) is 34.1. The summed E-state index contributed by atoms with van der Waals surface area (Å²) in [4.78, 5) is 37.2. The number of carbonyl (C=O) groups excluding carboxylic acids is 3. The van der Waals surface area contributed by atoms with Gasteiger partial charge >= 0.3 is 12.1 Å². The van der Waals surface area contributed by atoms with Crippen LogP contribution in [-0.4, -0.2) is 64.9 Å². The number of hydrogen-bond acceptors (Lipinski definition) is 9. The van der Waals surface area contributed by atoms with Gasteiger partial charge in [-0.3, -0.25) is 18.9 Å². The minimum absolute atomic E-state index is 0.0103. The summed E-state index contributed by atoms with van der Waals surface area (Å²) in [6, 6.07) is 3.66. The Morgan fingerprint density at radius 2 is 1.73 bits per heavy atom. The number of nitrogens with two attached hydrogens (primary N) is 2. The van der Waals surface area contributed by atoms with Gasteiger partial charge in [0.1, 0.15) is 12.1 Å². The molecule has 16 heteroatoms. The van der Waals surface area contributed by atoms with Crippen molar-refractivity contribution in [3.63, 3.8) is 0 Å². The number of aromatic nitrogens is 2. The molecule has 1 saturated carbocycles. The maximum atomic E-state index is 13.9. The molecule has 1 aromatic carbocycles. The molecule has 6 N–H and O–H groups in total. The van der Waals surface area contributed by atoms with E-state index in [0.29, 0.717) is 37.6 Å². The third kappa shape index (κ3) is 9.50. The molecule has 2 aliphatic carbocycles. The van der Waals surface area contributed by atoms with E-state index in [0.717, 1.165) is 4.68 Å². The molecule has 45 heavy (non-hydrogen) atoms. The fourth-order valence-electron chi connectivity index (χ4n) is 5.42. The van der Waals surface area contributed by atoms with Crippen molar-refractivity contribution in [3.05, 3.63) is 40.7 Å². The Morgan fingerprint density at radius 3 is 2.24 bits per heavy atom. The first kappa shape index (κ1) is 36.0. The van der Waals surface area contributed by atoms with Gasteiger partial charge in [-0.05, 0) is 61.6 Å². The van der Waals surface area contributed by atoms with Gasteiger partial charge in [0, 0.05) is 18.2 Å². The van der Waals surface area contributed by atoms with Crippen molar-refractivity contribution in [3.8, 4) is 5.69 Å². The number of ketones is 1. The number of carbonyl (C=O) groups is 3. The monoisotopic (exact) mass is 659 g/mol. The molecule has 0 unspecified atom stereocenters. The van der Waals surface area contributed by atoms with Crippen LogP contribution >= 0.6 is 0 Å². The van der Waals surface area contributed by atoms with E-state index in [1.54, 1.807) is 0 Å². The highest BCUT2D eigenvalue weighted by atomic mass is 32.2. The Balaban J connectivity index is 0.00000102. The average Bonchev–Trinajstić information content (AvgIpc) is 3.27. The molecule has 0 radical (unpaired) electrons. The fourth-order valence-corrected chi connectivity index (χ4v) is 5.42. The van der Waals surface area contributed by atoms with Crippen molar-refractivity contribution >= 4 is 33.5 Å². The molecule has 2 aromatic rings. The van der Waals surface area contributed by atoms with Crippen molar-refractivity contribution in [2.24, 2.45) is 22.8 Å². The number of fused-ring (bicyclic) bond motifs is 1. The van der Waals surface area contributed by atoms with Crippen molar-refractivity contribution in [1.82, 2.24) is 9.78 Å². The molecule has 1 aromatic heterocycles. The minimum atomic E-state index is -4.80. The number of rotatable bonds is 7. The van der Waals surface area contributed by atoms with Gasteiger partial charge in [0.25, 0.3) is 16.0 Å². The van der Waals surface area contributed by atoms with Crippen LogP contribution in [0.1, 0.15) is 91.9 Å². The van der Waals surface area contributed by atoms with E-state index in [1.807, 2.05) is 27.7 Å². The van der Waals surface area contributed by atoms with Gasteiger partial charge in [0.15, 0.2) is 11.5 Å². The van der Waals surface area contributed by atoms with E-state index in [4.69, 9.17) is 20.8 Å². The second-order valence-corrected chi connectivity index (χ2v) is 14.1. The first-order valence-corrected chi connectivity index (χ1v) is 16.2. The quantitative estimate of drug-likeness (QED) is 0.250. The maximum absolute atomic E-state index is 13.9. The SMILES string of the molecule is CC(C)[C@H](N)C(=O)OC1CCC(Nc2cc(-n3nc(C(F)(F)F)c4c3CC(C)(C)CC4=O)ccc2C(N)=O)CC1.CS(=O)(=O)O. The second kappa shape index (κ2) is 13.5. The van der Waals surface area contributed by atoms with Crippen LogP contribution in [0, 0.1) is 11.3 Å². The molecule has 1 amide bonds. The number of ether oxygens (including phenoxy) is 1. The van der Waals surface area contributed by atoms with Crippen LogP contribution in [0.25, 0.3) is 5.69 Å². The van der Waals surface area contributed by atoms with E-state index in [1.165, 1.54) is 18.2 Å². The average molecular weight is 660 g/mol. The number of benzene rings is 1. The van der Waals surface area contributed by atoms with Crippen molar-refractivity contribution < 1.29 is 45.3 Å². The van der Waals surface area contributed by atoms with Crippen molar-refractivity contribution in [1.29, 1.82) is 0 Å². The van der Waals surface area contributed by atoms with Crippen LogP contribution in [0.3, 0.4) is 0 Å². The van der Waals surface area contributed by atoms with Gasteiger partial charge in [-0.15, -0.1) is 0 Å². The Hall–Kier alpha value is -3.50. The molecule has 12 nitrogen and oxygen atoms in total. The minimum Gasteiger partial charge on any atom is -0.461 e. The molecule has 2 aliphatic rings. The molecule has 1 heterocycles. The molecule has 0 bridgehead atoms. The molecule has 0 saturated heterocycles. The van der Waals surface area contributed by atoms with Crippen LogP contribution in [-0.2, 0) is 32.2 Å². The van der Waals surface area contributed by atoms with Crippen LogP contribution < -0.4 is 16.8 Å². The summed E-state index contributed by atoms with van der Waals surface area (Å²) in [6.07, 6.45) is -1.74. The zero-order valence-corrected chi connectivity index (χ0v) is 26.6. The van der Waals surface area contributed by atoms with E-state index in [9.17, 15) is 36.0 Å². The van der Waals surface area contributed by atoms with Gasteiger partial charge < -0.3 is 21.5 Å². The zero-order valence-electron chi connectivity index (χ0n) is 25.8. The van der Waals surface area contributed by atoms with Gasteiger partial charge in [-0.1, -0.05) is 27.7 Å². The molecule has 1 atom stereocenters. The Kier molecular flexibility index (Phi) is 10.8. The normalized spacial score (nSPS) is 20.5. The van der Waals surface area contributed by atoms with Gasteiger partial charge in [-0.2, -0.15) is 26.7 Å². The van der Waals surface area contributed by atoms with Gasteiger partial charge in [0.05, 0.1) is 28.8 Å². The summed E-state index contributed by atoms with van der Waals surface area (Å²) in [5.41, 5.74) is 10.3. The molecular formula is C29H40F3N5O7S. The molecule has 0 spiro atoms. The van der Waals surface area contributed by atoms with E-state index in [-0.39, 0.29) is 47.9 Å². The lowest BCUT2D eigenvalue weighted by Crippen LogP contribution is -2.40. The number of nitrogens with zero attached hydrogens (tertiary/aromatic N) is 2. The van der Waals surface area contributed by atoms with E-state index in [2.05, 4.69) is 10.4 Å². The van der Waals surface area contributed by atoms with E-state index < -0.39 is 56.7 Å². The van der Waals surface area contributed by atoms with E-state index >= 15 is 0 Å². The molecular weight excluding hydrogens is 619 g/mol. The second-order valence-electron chi connectivity index (χ2n) is 12.7. The Labute approximate surface area is 259 Å². The first-order valence-electron chi connectivity index (χ1n) is 14.4. The smallest absolute Gasteiger partial charge is 0.435 e. The number of Topliss-reactive ketones (excluding diaryl/α,β-unsaturated/α-hetero) is 1. The number of halogens is 3. The topological polar surface area (TPSA) is 197 Å². The summed E-state index contributed by atoms with van der Waals surface area (Å²) in [6.45, 7) is 7.34. The summed E-state index contributed by atoms with van der Waals surface area (Å²) in [5.74, 6) is -1.77. The van der Waals surface area contributed by atoms with Crippen LogP contribution in [0.2, 0.25) is 0 Å². The number of alkyl halides is 3. The Morgan fingerprint density at radius 1 is 1.16 bits per heavy atom. The summed E-state index contributed by atoms with van der Waals surface area (Å²) >= 11 is 0. The largest absolute Gasteiger partial charge is 0.461 e. The number of amides is 1. The number of hydrogen-bond donors (Lipinski definition) is 4. The standard InChI is InChI=1S/C28H36F3N5O4.CH4O3S/c1-14(2)23(32)26(39)40-17-8-5-15(6-9-17)34-19-11-16(7-10-18(19)25(33)38)36-20-12-27(3,4)13-21(37)22(20)24(35-36)28(29,30)31;1-5(2,3)4/h7,10-11,14-15,17,23,34H,5-6,8-9,12-13,32H2,1-4H3,(H2,33,38);1H3,(H,2,3,4)/t15?,17?,23-;/m0./s1. The van der Waals surface area contributed by atoms with Crippen LogP contribution in [0.15, 0.2) is 18.2 Å². The lowest BCUT2D eigenvalue weighted by atomic mass is 9.75. The van der Waals surface area contributed by atoms with Crippen molar-refractivity contribution in [2.75, 3.05) is 11.6 Å². The Bertz CT molecular complexity index is 1540. The highest BCUT2D eigenvalue weighted by Crippen LogP contribution is 2.42. The first-order chi connectivity index (χ1) is 20.6. The van der Waals surface area contributed by atoms with Gasteiger partial charge in [0.2, 0.25) is 0 Å². The lowest BCUT2D eigenvalue weighted by molar-refractivity contribution is -0.153. The predicted molar refractivity (Wildman–Crippen MR) is 160 cm³/mol. The van der Waals surface area contributed by atoms with Gasteiger partial charge in [-0.25, -0.2) is 4.68 Å². The third-order valence-electron chi connectivity index (χ3n) is 7.63. The number of esters is 1. The number of primary amides is 1. The third-order valence-corrected chi connectivity index (χ3v) is 7.63. The summed E-state index contributed by atoms with van der Waals surface area (Å²) in [5, 5.41) is 7.15. The summed E-state index contributed by atoms with van der Waals surface area (Å²) < 4.78 is 74.2. The predicted octanol–water partition coefficient (Wildman–Crippen LogP) is 3.90. The molecule has 0 aliphatic heterocycles. The highest BCUT2D eigenvalue weighted by molar-refractivity contribution is 7.85. The lowest BCUT2D eigenvalue weighted by Gasteiger charge is -2.31. The molecule has 1 fully saturated rings. The number of anilines is 1. The van der Waals surface area contributed by atoms with Crippen molar-refractivity contribution in [2.45, 2.75) is 90.6 Å². The molecule has 4 rings (SSSR count). The highest BCUT2D eigenvalue weighted by Gasteiger charge is 2.45. The number of nitrogens with one attached hydrogen (secondary N) is 1.